The Labute approximate surface area is 165 Å². The van der Waals surface area contributed by atoms with Crippen molar-refractivity contribution in [2.24, 2.45) is 0 Å². The largest absolute Gasteiger partial charge is 0.393 e. The van der Waals surface area contributed by atoms with Crippen LogP contribution >= 0.6 is 0 Å². The second-order valence-electron chi connectivity index (χ2n) is 8.55. The third-order valence-electron chi connectivity index (χ3n) is 6.69. The first-order valence-electron chi connectivity index (χ1n) is 10.5. The highest BCUT2D eigenvalue weighted by Crippen LogP contribution is 2.44. The minimum Gasteiger partial charge on any atom is -0.393 e. The minimum absolute atomic E-state index is 0.127. The number of fused-ring (bicyclic) bond motifs is 2. The molecule has 7 heteroatoms. The monoisotopic (exact) mass is 380 g/mol. The van der Waals surface area contributed by atoms with Gasteiger partial charge in [0.25, 0.3) is 0 Å². The predicted molar refractivity (Wildman–Crippen MR) is 108 cm³/mol. The Balaban J connectivity index is 1.39. The number of hydrogen-bond acceptors (Lipinski definition) is 7. The van der Waals surface area contributed by atoms with E-state index in [2.05, 4.69) is 30.8 Å². The van der Waals surface area contributed by atoms with Crippen LogP contribution in [-0.4, -0.2) is 57.3 Å². The number of rotatable bonds is 2. The average molecular weight is 380 g/mol. The van der Waals surface area contributed by atoms with Gasteiger partial charge in [-0.2, -0.15) is 0 Å². The SMILES string of the molecule is Cc1ncc2c(n1)C1(CCCN(c3cc(N4CCC(O)CC4)ncn3)C1)CC2. The van der Waals surface area contributed by atoms with Crippen LogP contribution in [0.15, 0.2) is 18.6 Å². The van der Waals surface area contributed by atoms with E-state index in [-0.39, 0.29) is 11.5 Å². The van der Waals surface area contributed by atoms with Crippen molar-refractivity contribution in [3.05, 3.63) is 35.7 Å². The van der Waals surface area contributed by atoms with Gasteiger partial charge in [-0.1, -0.05) is 0 Å². The number of aryl methyl sites for hydroxylation is 2. The third kappa shape index (κ3) is 3.11. The summed E-state index contributed by atoms with van der Waals surface area (Å²) in [7, 11) is 0. The molecule has 0 amide bonds. The molecule has 7 nitrogen and oxygen atoms in total. The summed E-state index contributed by atoms with van der Waals surface area (Å²) in [5.41, 5.74) is 2.72. The van der Waals surface area contributed by atoms with E-state index in [4.69, 9.17) is 4.98 Å². The first-order valence-corrected chi connectivity index (χ1v) is 10.5. The molecule has 2 aliphatic heterocycles. The number of anilines is 2. The summed E-state index contributed by atoms with van der Waals surface area (Å²) < 4.78 is 0. The Hall–Kier alpha value is -2.28. The fourth-order valence-corrected chi connectivity index (χ4v) is 5.13. The van der Waals surface area contributed by atoms with Crippen LogP contribution in [0.4, 0.5) is 11.6 Å². The highest BCUT2D eigenvalue weighted by atomic mass is 16.3. The van der Waals surface area contributed by atoms with Crippen molar-refractivity contribution in [1.82, 2.24) is 19.9 Å². The van der Waals surface area contributed by atoms with E-state index in [1.807, 2.05) is 13.1 Å². The van der Waals surface area contributed by atoms with Crippen LogP contribution in [0.1, 0.15) is 49.2 Å². The summed E-state index contributed by atoms with van der Waals surface area (Å²) >= 11 is 0. The van der Waals surface area contributed by atoms with Gasteiger partial charge in [0.2, 0.25) is 0 Å². The van der Waals surface area contributed by atoms with Crippen molar-refractivity contribution in [3.63, 3.8) is 0 Å². The molecule has 28 heavy (non-hydrogen) atoms. The van der Waals surface area contributed by atoms with E-state index < -0.39 is 0 Å². The molecule has 3 aliphatic rings. The molecular formula is C21H28N6O. The van der Waals surface area contributed by atoms with Crippen LogP contribution in [0.3, 0.4) is 0 Å². The van der Waals surface area contributed by atoms with Crippen LogP contribution in [-0.2, 0) is 11.8 Å². The van der Waals surface area contributed by atoms with Gasteiger partial charge in [0.1, 0.15) is 23.8 Å². The summed E-state index contributed by atoms with van der Waals surface area (Å²) in [4.78, 5) is 23.1. The first-order chi connectivity index (χ1) is 13.6. The lowest BCUT2D eigenvalue weighted by Gasteiger charge is -2.41. The number of hydrogen-bond donors (Lipinski definition) is 1. The molecule has 0 saturated carbocycles. The minimum atomic E-state index is -0.174. The topological polar surface area (TPSA) is 78.3 Å². The Bertz CT molecular complexity index is 862. The molecule has 0 bridgehead atoms. The highest BCUT2D eigenvalue weighted by Gasteiger charge is 2.44. The second kappa shape index (κ2) is 6.95. The Morgan fingerprint density at radius 2 is 1.82 bits per heavy atom. The molecule has 1 atom stereocenters. The summed E-state index contributed by atoms with van der Waals surface area (Å²) in [6.45, 7) is 5.68. The van der Waals surface area contributed by atoms with Crippen molar-refractivity contribution < 1.29 is 5.11 Å². The fraction of sp³-hybridized carbons (Fsp3) is 0.619. The normalized spacial score (nSPS) is 25.4. The Morgan fingerprint density at radius 1 is 1.04 bits per heavy atom. The summed E-state index contributed by atoms with van der Waals surface area (Å²) in [5, 5.41) is 9.77. The highest BCUT2D eigenvalue weighted by molar-refractivity contribution is 5.52. The maximum Gasteiger partial charge on any atom is 0.134 e. The number of aromatic nitrogens is 4. The van der Waals surface area contributed by atoms with Crippen LogP contribution in [0.5, 0.6) is 0 Å². The Morgan fingerprint density at radius 3 is 2.64 bits per heavy atom. The van der Waals surface area contributed by atoms with Crippen LogP contribution in [0.25, 0.3) is 0 Å². The second-order valence-corrected chi connectivity index (χ2v) is 8.55. The van der Waals surface area contributed by atoms with Gasteiger partial charge in [-0.05, 0) is 51.0 Å². The zero-order valence-electron chi connectivity index (χ0n) is 16.5. The zero-order valence-corrected chi connectivity index (χ0v) is 16.5. The lowest BCUT2D eigenvalue weighted by Crippen LogP contribution is -2.46. The molecule has 2 aromatic rings. The van der Waals surface area contributed by atoms with E-state index in [0.29, 0.717) is 0 Å². The molecule has 1 N–H and O–H groups in total. The number of piperidine rings is 2. The van der Waals surface area contributed by atoms with Crippen LogP contribution < -0.4 is 9.80 Å². The molecule has 2 aromatic heterocycles. The van der Waals surface area contributed by atoms with Gasteiger partial charge < -0.3 is 14.9 Å². The third-order valence-corrected chi connectivity index (χ3v) is 6.69. The lowest BCUT2D eigenvalue weighted by molar-refractivity contribution is 0.145. The van der Waals surface area contributed by atoms with Gasteiger partial charge in [-0.15, -0.1) is 0 Å². The lowest BCUT2D eigenvalue weighted by atomic mass is 9.77. The summed E-state index contributed by atoms with van der Waals surface area (Å²) in [5.74, 6) is 2.85. The predicted octanol–water partition coefficient (Wildman–Crippen LogP) is 2.02. The van der Waals surface area contributed by atoms with Crippen LogP contribution in [0, 0.1) is 6.92 Å². The fourth-order valence-electron chi connectivity index (χ4n) is 5.13. The molecule has 1 spiro atoms. The summed E-state index contributed by atoms with van der Waals surface area (Å²) in [6.07, 6.45) is 9.72. The number of aliphatic hydroxyl groups excluding tert-OH is 1. The van der Waals surface area contributed by atoms with Crippen LogP contribution in [0.2, 0.25) is 0 Å². The van der Waals surface area contributed by atoms with E-state index in [0.717, 1.165) is 75.7 Å². The zero-order chi connectivity index (χ0) is 19.1. The van der Waals surface area contributed by atoms with Crippen molar-refractivity contribution in [2.45, 2.75) is 57.0 Å². The molecule has 5 rings (SSSR count). The smallest absolute Gasteiger partial charge is 0.134 e. The van der Waals surface area contributed by atoms with E-state index >= 15 is 0 Å². The van der Waals surface area contributed by atoms with Gasteiger partial charge >= 0.3 is 0 Å². The van der Waals surface area contributed by atoms with Crippen molar-refractivity contribution in [3.8, 4) is 0 Å². The molecule has 2 saturated heterocycles. The maximum atomic E-state index is 9.77. The molecule has 1 aliphatic carbocycles. The molecule has 2 fully saturated rings. The average Bonchev–Trinajstić information content (AvgIpc) is 3.06. The van der Waals surface area contributed by atoms with Gasteiger partial charge in [0.15, 0.2) is 0 Å². The number of aliphatic hydroxyl groups is 1. The van der Waals surface area contributed by atoms with Gasteiger partial charge in [0.05, 0.1) is 11.8 Å². The number of nitrogens with zero attached hydrogens (tertiary/aromatic N) is 6. The van der Waals surface area contributed by atoms with Gasteiger partial charge in [-0.25, -0.2) is 19.9 Å². The van der Waals surface area contributed by atoms with Gasteiger partial charge in [0, 0.05) is 43.9 Å². The van der Waals surface area contributed by atoms with Crippen molar-refractivity contribution >= 4 is 11.6 Å². The molecular weight excluding hydrogens is 352 g/mol. The van der Waals surface area contributed by atoms with E-state index in [1.54, 1.807) is 6.33 Å². The molecule has 1 unspecified atom stereocenters. The molecule has 4 heterocycles. The van der Waals surface area contributed by atoms with Crippen molar-refractivity contribution in [1.29, 1.82) is 0 Å². The van der Waals surface area contributed by atoms with Crippen molar-refractivity contribution in [2.75, 3.05) is 36.0 Å². The quantitative estimate of drug-likeness (QED) is 0.854. The summed E-state index contributed by atoms with van der Waals surface area (Å²) in [6, 6.07) is 2.12. The standard InChI is InChI=1S/C21H28N6O/c1-15-22-12-16-3-7-21(20(16)25-15)6-2-8-27(13-21)19-11-18(23-14-24-19)26-9-4-17(28)5-10-26/h11-12,14,17,28H,2-10,13H2,1H3. The molecule has 0 radical (unpaired) electrons. The first kappa shape index (κ1) is 17.8. The molecule has 0 aromatic carbocycles. The molecule has 148 valence electrons. The Kier molecular flexibility index (Phi) is 4.42. The van der Waals surface area contributed by atoms with Gasteiger partial charge in [-0.3, -0.25) is 0 Å². The van der Waals surface area contributed by atoms with E-state index in [1.165, 1.54) is 17.7 Å². The maximum absolute atomic E-state index is 9.77. The van der Waals surface area contributed by atoms with E-state index in [9.17, 15) is 5.11 Å².